The van der Waals surface area contributed by atoms with Gasteiger partial charge in [0, 0.05) is 18.5 Å². The number of aromatic nitrogens is 1. The molecule has 110 valence electrons. The number of esters is 1. The lowest BCUT2D eigenvalue weighted by molar-refractivity contribution is -0.385. The van der Waals surface area contributed by atoms with Crippen LogP contribution in [0.4, 0.5) is 5.69 Å². The molecule has 8 nitrogen and oxygen atoms in total. The summed E-state index contributed by atoms with van der Waals surface area (Å²) in [4.78, 5) is 22.2. The number of aryl methyl sites for hydroxylation is 1. The van der Waals surface area contributed by atoms with Crippen molar-refractivity contribution in [3.8, 4) is 0 Å². The number of hydrogen-bond donors (Lipinski definition) is 0. The first-order chi connectivity index (χ1) is 9.27. The molecule has 2 heterocycles. The molecule has 1 aliphatic heterocycles. The van der Waals surface area contributed by atoms with Crippen LogP contribution in [0.1, 0.15) is 22.9 Å². The Labute approximate surface area is 115 Å². The molecule has 0 saturated heterocycles. The van der Waals surface area contributed by atoms with Crippen molar-refractivity contribution in [1.82, 2.24) is 4.57 Å². The third-order valence-corrected chi connectivity index (χ3v) is 4.61. The lowest BCUT2D eigenvalue weighted by Gasteiger charge is -2.13. The van der Waals surface area contributed by atoms with Gasteiger partial charge < -0.3 is 9.30 Å². The number of rotatable bonds is 4. The summed E-state index contributed by atoms with van der Waals surface area (Å²) >= 11 is 0. The molecule has 9 heteroatoms. The molecule has 0 saturated carbocycles. The largest absolute Gasteiger partial charge is 0.468 e. The van der Waals surface area contributed by atoms with Gasteiger partial charge in [0.05, 0.1) is 23.8 Å². The van der Waals surface area contributed by atoms with Crippen molar-refractivity contribution in [1.29, 1.82) is 0 Å². The number of carbonyl (C=O) groups is 1. The van der Waals surface area contributed by atoms with Crippen molar-refractivity contribution in [3.05, 3.63) is 27.6 Å². The zero-order valence-electron chi connectivity index (χ0n) is 11.0. The predicted molar refractivity (Wildman–Crippen MR) is 69.0 cm³/mol. The summed E-state index contributed by atoms with van der Waals surface area (Å²) in [6.45, 7) is 0.577. The molecule has 1 atom stereocenters. The van der Waals surface area contributed by atoms with Gasteiger partial charge in [0.1, 0.15) is 0 Å². The summed E-state index contributed by atoms with van der Waals surface area (Å²) in [5.41, 5.74) is 0.125. The minimum Gasteiger partial charge on any atom is -0.468 e. The van der Waals surface area contributed by atoms with E-state index in [-0.39, 0.29) is 11.3 Å². The molecule has 1 aromatic rings. The van der Waals surface area contributed by atoms with Crippen LogP contribution in [0.2, 0.25) is 0 Å². The van der Waals surface area contributed by atoms with Crippen molar-refractivity contribution >= 4 is 21.5 Å². The lowest BCUT2D eigenvalue weighted by Crippen LogP contribution is -2.24. The van der Waals surface area contributed by atoms with Gasteiger partial charge >= 0.3 is 5.97 Å². The molecule has 1 aromatic heterocycles. The first kappa shape index (κ1) is 14.5. The third-order valence-electron chi connectivity index (χ3n) is 3.33. The maximum Gasteiger partial charge on any atom is 0.328 e. The number of carbonyl (C=O) groups excluding carboxylic acids is 1. The Morgan fingerprint density at radius 1 is 1.55 bits per heavy atom. The average molecular weight is 302 g/mol. The fraction of sp³-hybridized carbons (Fsp3) is 0.545. The predicted octanol–water partition coefficient (Wildman–Crippen LogP) is 0.601. The second kappa shape index (κ2) is 4.89. The van der Waals surface area contributed by atoms with E-state index in [0.717, 1.165) is 19.8 Å². The standard InChI is InChI=1S/C11H14N2O6S/c1-19-11(14)10(20(2,17)18)9-7-4-3-5-12(7)6-8(9)13(15)16/h6,10H,3-5H2,1-2H3. The van der Waals surface area contributed by atoms with Gasteiger partial charge in [-0.2, -0.15) is 0 Å². The monoisotopic (exact) mass is 302 g/mol. The fourth-order valence-corrected chi connectivity index (χ4v) is 3.67. The van der Waals surface area contributed by atoms with Gasteiger partial charge in [-0.1, -0.05) is 0 Å². The van der Waals surface area contributed by atoms with Crippen LogP contribution in [0.25, 0.3) is 0 Å². The van der Waals surface area contributed by atoms with Gasteiger partial charge in [-0.15, -0.1) is 0 Å². The Morgan fingerprint density at radius 2 is 2.20 bits per heavy atom. The molecule has 1 aliphatic rings. The number of methoxy groups -OCH3 is 1. The van der Waals surface area contributed by atoms with Gasteiger partial charge in [0.15, 0.2) is 15.1 Å². The molecular weight excluding hydrogens is 288 g/mol. The van der Waals surface area contributed by atoms with Gasteiger partial charge in [-0.3, -0.25) is 14.9 Å². The van der Waals surface area contributed by atoms with Gasteiger partial charge in [-0.05, 0) is 12.8 Å². The number of sulfone groups is 1. The van der Waals surface area contributed by atoms with E-state index in [4.69, 9.17) is 0 Å². The average Bonchev–Trinajstić information content (AvgIpc) is 2.89. The van der Waals surface area contributed by atoms with Crippen LogP contribution in [0, 0.1) is 10.1 Å². The summed E-state index contributed by atoms with van der Waals surface area (Å²) in [5.74, 6) is -1.00. The van der Waals surface area contributed by atoms with E-state index in [9.17, 15) is 23.3 Å². The third kappa shape index (κ3) is 2.28. The van der Waals surface area contributed by atoms with Crippen LogP contribution in [0.15, 0.2) is 6.20 Å². The van der Waals surface area contributed by atoms with E-state index in [0.29, 0.717) is 18.7 Å². The summed E-state index contributed by atoms with van der Waals surface area (Å²) in [6, 6.07) is 0. The van der Waals surface area contributed by atoms with Gasteiger partial charge in [0.2, 0.25) is 0 Å². The van der Waals surface area contributed by atoms with Gasteiger partial charge in [0.25, 0.3) is 5.69 Å². The van der Waals surface area contributed by atoms with Crippen LogP contribution in [-0.2, 0) is 32.3 Å². The molecule has 0 amide bonds. The fourth-order valence-electron chi connectivity index (χ4n) is 2.54. The number of fused-ring (bicyclic) bond motifs is 1. The van der Waals surface area contributed by atoms with E-state index in [2.05, 4.69) is 4.74 Å². The first-order valence-corrected chi connectivity index (χ1v) is 7.85. The van der Waals surface area contributed by atoms with E-state index >= 15 is 0 Å². The summed E-state index contributed by atoms with van der Waals surface area (Å²) in [7, 11) is -2.81. The van der Waals surface area contributed by atoms with Crippen molar-refractivity contribution in [2.45, 2.75) is 24.6 Å². The Balaban J connectivity index is 2.71. The van der Waals surface area contributed by atoms with E-state index in [1.165, 1.54) is 6.20 Å². The van der Waals surface area contributed by atoms with E-state index in [1.807, 2.05) is 0 Å². The van der Waals surface area contributed by atoms with Crippen molar-refractivity contribution < 1.29 is 22.9 Å². The number of hydrogen-bond acceptors (Lipinski definition) is 6. The molecular formula is C11H14N2O6S. The minimum absolute atomic E-state index is 0.0538. The quantitative estimate of drug-likeness (QED) is 0.458. The van der Waals surface area contributed by atoms with Crippen LogP contribution >= 0.6 is 0 Å². The van der Waals surface area contributed by atoms with Gasteiger partial charge in [-0.25, -0.2) is 8.42 Å². The molecule has 2 rings (SSSR count). The number of ether oxygens (including phenoxy) is 1. The Kier molecular flexibility index (Phi) is 3.55. The highest BCUT2D eigenvalue weighted by atomic mass is 32.2. The normalized spacial score (nSPS) is 15.7. The molecule has 0 N–H and O–H groups in total. The van der Waals surface area contributed by atoms with E-state index in [1.54, 1.807) is 4.57 Å². The summed E-state index contributed by atoms with van der Waals surface area (Å²) < 4.78 is 29.9. The highest BCUT2D eigenvalue weighted by Crippen LogP contribution is 2.38. The van der Waals surface area contributed by atoms with Crippen molar-refractivity contribution in [2.24, 2.45) is 0 Å². The van der Waals surface area contributed by atoms with Crippen LogP contribution in [0.3, 0.4) is 0 Å². The minimum atomic E-state index is -3.87. The molecule has 0 fully saturated rings. The molecule has 0 aromatic carbocycles. The maximum absolute atomic E-state index is 11.9. The van der Waals surface area contributed by atoms with Crippen molar-refractivity contribution in [2.75, 3.05) is 13.4 Å². The van der Waals surface area contributed by atoms with Crippen LogP contribution in [-0.4, -0.2) is 37.2 Å². The Hall–Kier alpha value is -1.90. The zero-order valence-corrected chi connectivity index (χ0v) is 11.8. The summed E-state index contributed by atoms with van der Waals surface area (Å²) in [6.07, 6.45) is 3.43. The SMILES string of the molecule is COC(=O)C(c1c([N+](=O)[O-])cn2c1CCC2)S(C)(=O)=O. The van der Waals surface area contributed by atoms with Crippen molar-refractivity contribution in [3.63, 3.8) is 0 Å². The molecule has 1 unspecified atom stereocenters. The van der Waals surface area contributed by atoms with E-state index < -0.39 is 26.0 Å². The summed E-state index contributed by atoms with van der Waals surface area (Å²) in [5, 5.41) is 9.46. The zero-order chi connectivity index (χ0) is 15.1. The van der Waals surface area contributed by atoms with Crippen LogP contribution < -0.4 is 0 Å². The smallest absolute Gasteiger partial charge is 0.328 e. The van der Waals surface area contributed by atoms with Crippen LogP contribution in [0.5, 0.6) is 0 Å². The highest BCUT2D eigenvalue weighted by molar-refractivity contribution is 7.91. The molecule has 20 heavy (non-hydrogen) atoms. The number of nitrogens with zero attached hydrogens (tertiary/aromatic N) is 2. The highest BCUT2D eigenvalue weighted by Gasteiger charge is 2.42. The molecule has 0 bridgehead atoms. The lowest BCUT2D eigenvalue weighted by atomic mass is 10.1. The second-order valence-electron chi connectivity index (χ2n) is 4.66. The first-order valence-electron chi connectivity index (χ1n) is 5.90. The Bertz CT molecular complexity index is 675. The molecule has 0 spiro atoms. The Morgan fingerprint density at radius 3 is 2.70 bits per heavy atom. The number of nitro groups is 1. The molecule has 0 radical (unpaired) electrons. The maximum atomic E-state index is 11.9. The topological polar surface area (TPSA) is 109 Å². The molecule has 0 aliphatic carbocycles. The second-order valence-corrected chi connectivity index (χ2v) is 6.79.